The van der Waals surface area contributed by atoms with Crippen LogP contribution in [0, 0.1) is 0 Å². The molecule has 1 N–H and O–H groups in total. The molecule has 0 amide bonds. The molecule has 0 spiro atoms. The van der Waals surface area contributed by atoms with E-state index in [9.17, 15) is 14.7 Å². The predicted molar refractivity (Wildman–Crippen MR) is 92.0 cm³/mol. The molecule has 10 nitrogen and oxygen atoms in total. The number of aliphatic imine (C=N–C) groups is 1. The lowest BCUT2D eigenvalue weighted by Gasteiger charge is -2.24. The zero-order valence-electron chi connectivity index (χ0n) is 14.3. The fourth-order valence-corrected chi connectivity index (χ4v) is 2.80. The van der Waals surface area contributed by atoms with Gasteiger partial charge in [0.05, 0.1) is 45.1 Å². The zero-order chi connectivity index (χ0) is 18.0. The fraction of sp³-hybridized carbons (Fsp3) is 0.600. The van der Waals surface area contributed by atoms with E-state index >= 15 is 0 Å². The van der Waals surface area contributed by atoms with Crippen molar-refractivity contribution in [3.63, 3.8) is 0 Å². The number of nitrogens with zero attached hydrogens (tertiary/aromatic N) is 6. The first kappa shape index (κ1) is 17.4. The summed E-state index contributed by atoms with van der Waals surface area (Å²) in [7, 11) is 2.98. The standard InChI is InChI=1S/C15H22N6O4/c1-18-13-12(14(23)19(2)15(18)24)21(10-17-13)8-11(22)7-16-9-20-3-5-25-6-4-20/h9-11,22H,3-8H2,1-2H3/t11-/m0/s1. The van der Waals surface area contributed by atoms with Crippen molar-refractivity contribution in [2.75, 3.05) is 32.8 Å². The van der Waals surface area contributed by atoms with Gasteiger partial charge in [-0.3, -0.25) is 18.9 Å². The number of morpholine rings is 1. The highest BCUT2D eigenvalue weighted by Crippen LogP contribution is 2.06. The minimum atomic E-state index is -0.767. The smallest absolute Gasteiger partial charge is 0.332 e. The Hall–Kier alpha value is -2.46. The topological polar surface area (TPSA) is 107 Å². The summed E-state index contributed by atoms with van der Waals surface area (Å²) in [6, 6.07) is 0. The first-order valence-electron chi connectivity index (χ1n) is 8.09. The summed E-state index contributed by atoms with van der Waals surface area (Å²) >= 11 is 0. The van der Waals surface area contributed by atoms with E-state index in [2.05, 4.69) is 9.98 Å². The maximum absolute atomic E-state index is 12.3. The van der Waals surface area contributed by atoms with Crippen LogP contribution in [0.5, 0.6) is 0 Å². The Morgan fingerprint density at radius 2 is 2.04 bits per heavy atom. The molecular weight excluding hydrogens is 328 g/mol. The molecule has 0 radical (unpaired) electrons. The Bertz CT molecular complexity index is 890. The van der Waals surface area contributed by atoms with Gasteiger partial charge in [0.25, 0.3) is 5.56 Å². The van der Waals surface area contributed by atoms with E-state index in [1.165, 1.54) is 17.9 Å². The van der Waals surface area contributed by atoms with Crippen molar-refractivity contribution < 1.29 is 9.84 Å². The van der Waals surface area contributed by atoms with Gasteiger partial charge in [0.1, 0.15) is 0 Å². The molecule has 0 unspecified atom stereocenters. The number of aliphatic hydroxyl groups excluding tert-OH is 1. The van der Waals surface area contributed by atoms with Crippen LogP contribution in [-0.2, 0) is 25.4 Å². The molecule has 3 rings (SSSR count). The van der Waals surface area contributed by atoms with E-state index in [4.69, 9.17) is 4.74 Å². The molecule has 1 aliphatic rings. The molecule has 25 heavy (non-hydrogen) atoms. The van der Waals surface area contributed by atoms with Gasteiger partial charge in [-0.2, -0.15) is 0 Å². The Labute approximate surface area is 143 Å². The molecular formula is C15H22N6O4. The molecule has 1 aliphatic heterocycles. The van der Waals surface area contributed by atoms with Crippen molar-refractivity contribution in [3.8, 4) is 0 Å². The van der Waals surface area contributed by atoms with Gasteiger partial charge in [-0.1, -0.05) is 0 Å². The second-order valence-corrected chi connectivity index (χ2v) is 6.06. The summed E-state index contributed by atoms with van der Waals surface area (Å²) in [5, 5.41) is 10.2. The monoisotopic (exact) mass is 350 g/mol. The zero-order valence-corrected chi connectivity index (χ0v) is 14.3. The number of aliphatic hydroxyl groups is 1. The second-order valence-electron chi connectivity index (χ2n) is 6.06. The fourth-order valence-electron chi connectivity index (χ4n) is 2.80. The SMILES string of the molecule is Cn1c(=O)c2c(ncn2C[C@@H](O)CN=CN2CCOCC2)n(C)c1=O. The van der Waals surface area contributed by atoms with E-state index < -0.39 is 17.4 Å². The first-order valence-corrected chi connectivity index (χ1v) is 8.09. The van der Waals surface area contributed by atoms with Crippen LogP contribution in [0.1, 0.15) is 0 Å². The molecule has 3 heterocycles. The van der Waals surface area contributed by atoms with Crippen LogP contribution in [-0.4, -0.2) is 74.0 Å². The molecule has 1 saturated heterocycles. The quantitative estimate of drug-likeness (QED) is 0.501. The Balaban J connectivity index is 1.73. The van der Waals surface area contributed by atoms with Gasteiger partial charge in [0.15, 0.2) is 11.2 Å². The molecule has 0 bridgehead atoms. The van der Waals surface area contributed by atoms with Crippen LogP contribution < -0.4 is 11.2 Å². The van der Waals surface area contributed by atoms with Gasteiger partial charge < -0.3 is 19.3 Å². The molecule has 136 valence electrons. The second kappa shape index (κ2) is 7.19. The van der Waals surface area contributed by atoms with E-state index in [0.717, 1.165) is 17.7 Å². The minimum absolute atomic E-state index is 0.171. The Morgan fingerprint density at radius 3 is 2.76 bits per heavy atom. The average molecular weight is 350 g/mol. The maximum atomic E-state index is 12.3. The van der Waals surface area contributed by atoms with Crippen molar-refractivity contribution in [1.82, 2.24) is 23.6 Å². The third-order valence-corrected chi connectivity index (χ3v) is 4.23. The summed E-state index contributed by atoms with van der Waals surface area (Å²) in [6.45, 7) is 3.31. The maximum Gasteiger partial charge on any atom is 0.332 e. The van der Waals surface area contributed by atoms with Crippen molar-refractivity contribution in [2.24, 2.45) is 19.1 Å². The normalized spacial score (nSPS) is 16.8. The van der Waals surface area contributed by atoms with E-state index in [1.807, 2.05) is 4.90 Å². The highest BCUT2D eigenvalue weighted by atomic mass is 16.5. The highest BCUT2D eigenvalue weighted by molar-refractivity contribution is 5.69. The summed E-state index contributed by atoms with van der Waals surface area (Å²) < 4.78 is 9.17. The van der Waals surface area contributed by atoms with E-state index in [1.54, 1.807) is 18.0 Å². The van der Waals surface area contributed by atoms with Crippen LogP contribution in [0.3, 0.4) is 0 Å². The highest BCUT2D eigenvalue weighted by Gasteiger charge is 2.16. The molecule has 2 aromatic heterocycles. The number of hydrogen-bond acceptors (Lipinski definition) is 6. The number of ether oxygens (including phenoxy) is 1. The van der Waals surface area contributed by atoms with Gasteiger partial charge in [-0.05, 0) is 0 Å². The van der Waals surface area contributed by atoms with Gasteiger partial charge in [0.2, 0.25) is 0 Å². The number of aromatic nitrogens is 4. The van der Waals surface area contributed by atoms with Gasteiger partial charge >= 0.3 is 5.69 Å². The molecule has 0 aromatic carbocycles. The van der Waals surface area contributed by atoms with Crippen molar-refractivity contribution in [1.29, 1.82) is 0 Å². The number of aryl methyl sites for hydroxylation is 1. The largest absolute Gasteiger partial charge is 0.389 e. The van der Waals surface area contributed by atoms with Crippen LogP contribution in [0.25, 0.3) is 11.2 Å². The van der Waals surface area contributed by atoms with Gasteiger partial charge in [0, 0.05) is 27.2 Å². The minimum Gasteiger partial charge on any atom is -0.389 e. The number of hydrogen-bond donors (Lipinski definition) is 1. The molecule has 10 heteroatoms. The Kier molecular flexibility index (Phi) is 5.00. The van der Waals surface area contributed by atoms with Crippen LogP contribution in [0.2, 0.25) is 0 Å². The Morgan fingerprint density at radius 1 is 1.32 bits per heavy atom. The molecule has 0 aliphatic carbocycles. The molecule has 0 saturated carbocycles. The first-order chi connectivity index (χ1) is 12.0. The lowest BCUT2D eigenvalue weighted by molar-refractivity contribution is 0.0698. The van der Waals surface area contributed by atoms with Crippen molar-refractivity contribution >= 4 is 17.5 Å². The third-order valence-electron chi connectivity index (χ3n) is 4.23. The lowest BCUT2D eigenvalue weighted by Crippen LogP contribution is -2.38. The molecule has 1 fully saturated rings. The number of rotatable bonds is 5. The van der Waals surface area contributed by atoms with Crippen LogP contribution in [0.4, 0.5) is 0 Å². The van der Waals surface area contributed by atoms with Crippen LogP contribution in [0.15, 0.2) is 20.9 Å². The van der Waals surface area contributed by atoms with Crippen molar-refractivity contribution in [3.05, 3.63) is 27.2 Å². The van der Waals surface area contributed by atoms with Gasteiger partial charge in [-0.25, -0.2) is 9.78 Å². The summed E-state index contributed by atoms with van der Waals surface area (Å²) in [5.41, 5.74) is -0.268. The molecule has 1 atom stereocenters. The summed E-state index contributed by atoms with van der Waals surface area (Å²) in [6.07, 6.45) is 2.41. The third kappa shape index (κ3) is 3.49. The summed E-state index contributed by atoms with van der Waals surface area (Å²) in [4.78, 5) is 34.7. The summed E-state index contributed by atoms with van der Waals surface area (Å²) in [5.74, 6) is 0. The number of imidazole rings is 1. The number of fused-ring (bicyclic) bond motifs is 1. The average Bonchev–Trinajstić information content (AvgIpc) is 3.02. The van der Waals surface area contributed by atoms with E-state index in [-0.39, 0.29) is 13.1 Å². The van der Waals surface area contributed by atoms with Crippen LogP contribution >= 0.6 is 0 Å². The predicted octanol–water partition coefficient (Wildman–Crippen LogP) is -1.84. The molecule has 2 aromatic rings. The van der Waals surface area contributed by atoms with E-state index in [0.29, 0.717) is 24.4 Å². The lowest BCUT2D eigenvalue weighted by atomic mass is 10.3. The van der Waals surface area contributed by atoms with Crippen molar-refractivity contribution in [2.45, 2.75) is 12.6 Å². The van der Waals surface area contributed by atoms with Gasteiger partial charge in [-0.15, -0.1) is 0 Å².